The van der Waals surface area contributed by atoms with Crippen molar-refractivity contribution >= 4 is 11.8 Å². The van der Waals surface area contributed by atoms with E-state index in [0.717, 1.165) is 45.2 Å². The van der Waals surface area contributed by atoms with Gasteiger partial charge >= 0.3 is 0 Å². The van der Waals surface area contributed by atoms with E-state index in [1.54, 1.807) is 0 Å². The summed E-state index contributed by atoms with van der Waals surface area (Å²) in [5.74, 6) is 0.0422. The van der Waals surface area contributed by atoms with Crippen molar-refractivity contribution < 1.29 is 14.3 Å². The molecule has 3 aliphatic rings. The molecule has 3 rings (SSSR count). The van der Waals surface area contributed by atoms with Gasteiger partial charge in [0.15, 0.2) is 0 Å². The van der Waals surface area contributed by atoms with E-state index in [9.17, 15) is 9.59 Å². The van der Waals surface area contributed by atoms with E-state index >= 15 is 0 Å². The van der Waals surface area contributed by atoms with Gasteiger partial charge in [0.05, 0.1) is 31.1 Å². The van der Waals surface area contributed by atoms with Crippen LogP contribution in [0.4, 0.5) is 0 Å². The fourth-order valence-corrected chi connectivity index (χ4v) is 3.55. The maximum absolute atomic E-state index is 12.1. The third kappa shape index (κ3) is 2.54. The van der Waals surface area contributed by atoms with E-state index < -0.39 is 0 Å². The summed E-state index contributed by atoms with van der Waals surface area (Å²) >= 11 is 0. The number of hydrogen-bond acceptors (Lipinski definition) is 4. The number of fused-ring (bicyclic) bond motifs is 1. The van der Waals surface area contributed by atoms with Crippen LogP contribution in [0.25, 0.3) is 0 Å². The zero-order chi connectivity index (χ0) is 13.2. The molecule has 2 aliphatic heterocycles. The number of imide groups is 1. The summed E-state index contributed by atoms with van der Waals surface area (Å²) < 4.78 is 5.78. The Balaban J connectivity index is 1.47. The van der Waals surface area contributed by atoms with Gasteiger partial charge in [-0.05, 0) is 38.8 Å². The smallest absolute Gasteiger partial charge is 0.233 e. The number of amides is 2. The molecule has 106 valence electrons. The average molecular weight is 266 g/mol. The second-order valence-electron chi connectivity index (χ2n) is 5.79. The summed E-state index contributed by atoms with van der Waals surface area (Å²) in [6, 6.07) is 0. The molecule has 5 heteroatoms. The van der Waals surface area contributed by atoms with Crippen molar-refractivity contribution in [1.29, 1.82) is 0 Å². The number of likely N-dealkylation sites (tertiary alicyclic amines) is 1. The molecule has 0 aromatic rings. The summed E-state index contributed by atoms with van der Waals surface area (Å²) in [6.07, 6.45) is 5.13. The van der Waals surface area contributed by atoms with Crippen molar-refractivity contribution in [2.24, 2.45) is 11.8 Å². The molecule has 2 unspecified atom stereocenters. The number of piperidine rings is 1. The van der Waals surface area contributed by atoms with Gasteiger partial charge in [-0.2, -0.15) is 0 Å². The lowest BCUT2D eigenvalue weighted by Gasteiger charge is -2.24. The molecule has 2 amide bonds. The van der Waals surface area contributed by atoms with Crippen LogP contribution in [0.1, 0.15) is 32.1 Å². The van der Waals surface area contributed by atoms with Gasteiger partial charge in [0.2, 0.25) is 11.8 Å². The Bertz CT molecular complexity index is 344. The van der Waals surface area contributed by atoms with E-state index in [4.69, 9.17) is 4.74 Å². The van der Waals surface area contributed by atoms with E-state index in [0.29, 0.717) is 13.2 Å². The predicted octanol–water partition coefficient (Wildman–Crippen LogP) is 0.540. The van der Waals surface area contributed by atoms with Crippen LogP contribution in [0, 0.1) is 11.8 Å². The van der Waals surface area contributed by atoms with Gasteiger partial charge in [-0.1, -0.05) is 6.42 Å². The second kappa shape index (κ2) is 5.59. The van der Waals surface area contributed by atoms with Gasteiger partial charge in [-0.15, -0.1) is 0 Å². The zero-order valence-electron chi connectivity index (χ0n) is 11.3. The normalized spacial score (nSPS) is 32.1. The van der Waals surface area contributed by atoms with E-state index in [1.165, 1.54) is 4.90 Å². The molecule has 1 saturated carbocycles. The summed E-state index contributed by atoms with van der Waals surface area (Å²) in [4.78, 5) is 25.7. The Hall–Kier alpha value is -0.940. The van der Waals surface area contributed by atoms with Crippen LogP contribution in [0.15, 0.2) is 0 Å². The third-order valence-corrected chi connectivity index (χ3v) is 4.64. The fraction of sp³-hybridized carbons (Fsp3) is 0.857. The highest BCUT2D eigenvalue weighted by Crippen LogP contribution is 2.39. The first-order valence-electron chi connectivity index (χ1n) is 7.45. The SMILES string of the molecule is O=C1C2CCCC2C(=O)N1CCOC1CCNCC1. The van der Waals surface area contributed by atoms with E-state index in [-0.39, 0.29) is 29.8 Å². The molecule has 2 saturated heterocycles. The molecular formula is C14H22N2O3. The van der Waals surface area contributed by atoms with Gasteiger partial charge in [-0.3, -0.25) is 14.5 Å². The molecule has 0 aromatic heterocycles. The molecule has 5 nitrogen and oxygen atoms in total. The molecule has 2 atom stereocenters. The highest BCUT2D eigenvalue weighted by Gasteiger charge is 2.49. The zero-order valence-corrected chi connectivity index (χ0v) is 11.3. The van der Waals surface area contributed by atoms with Crippen molar-refractivity contribution in [3.8, 4) is 0 Å². The number of nitrogens with zero attached hydrogens (tertiary/aromatic N) is 1. The molecule has 0 bridgehead atoms. The molecule has 3 fully saturated rings. The molecule has 0 aromatic carbocycles. The number of hydrogen-bond donors (Lipinski definition) is 1. The summed E-state index contributed by atoms with van der Waals surface area (Å²) in [7, 11) is 0. The summed E-state index contributed by atoms with van der Waals surface area (Å²) in [5, 5.41) is 3.29. The van der Waals surface area contributed by atoms with Crippen LogP contribution in [0.3, 0.4) is 0 Å². The van der Waals surface area contributed by atoms with Crippen molar-refractivity contribution in [2.75, 3.05) is 26.2 Å². The molecule has 0 spiro atoms. The van der Waals surface area contributed by atoms with Crippen molar-refractivity contribution in [3.05, 3.63) is 0 Å². The van der Waals surface area contributed by atoms with E-state index in [1.807, 2.05) is 0 Å². The first kappa shape index (κ1) is 13.1. The Morgan fingerprint density at radius 1 is 1.05 bits per heavy atom. The second-order valence-corrected chi connectivity index (χ2v) is 5.79. The lowest BCUT2D eigenvalue weighted by molar-refractivity contribution is -0.141. The van der Waals surface area contributed by atoms with Gasteiger partial charge in [0, 0.05) is 0 Å². The van der Waals surface area contributed by atoms with Crippen molar-refractivity contribution in [2.45, 2.75) is 38.2 Å². The number of carbonyl (C=O) groups is 2. The molecule has 1 N–H and O–H groups in total. The Labute approximate surface area is 113 Å². The van der Waals surface area contributed by atoms with Crippen molar-refractivity contribution in [3.63, 3.8) is 0 Å². The summed E-state index contributed by atoms with van der Waals surface area (Å²) in [6.45, 7) is 2.92. The Morgan fingerprint density at radius 3 is 2.32 bits per heavy atom. The van der Waals surface area contributed by atoms with Crippen LogP contribution in [0.5, 0.6) is 0 Å². The Kier molecular flexibility index (Phi) is 3.84. The van der Waals surface area contributed by atoms with Crippen LogP contribution >= 0.6 is 0 Å². The number of ether oxygens (including phenoxy) is 1. The predicted molar refractivity (Wildman–Crippen MR) is 69.4 cm³/mol. The first-order chi connectivity index (χ1) is 9.27. The minimum absolute atomic E-state index is 0.0219. The molecule has 19 heavy (non-hydrogen) atoms. The number of carbonyl (C=O) groups excluding carboxylic acids is 2. The van der Waals surface area contributed by atoms with Crippen molar-refractivity contribution in [1.82, 2.24) is 10.2 Å². The maximum atomic E-state index is 12.1. The van der Waals surface area contributed by atoms with Gasteiger partial charge in [0.1, 0.15) is 0 Å². The van der Waals surface area contributed by atoms with Crippen LogP contribution < -0.4 is 5.32 Å². The molecule has 1 aliphatic carbocycles. The third-order valence-electron chi connectivity index (χ3n) is 4.64. The van der Waals surface area contributed by atoms with Gasteiger partial charge < -0.3 is 10.1 Å². The van der Waals surface area contributed by atoms with Crippen LogP contribution in [0.2, 0.25) is 0 Å². The van der Waals surface area contributed by atoms with Crippen LogP contribution in [-0.2, 0) is 14.3 Å². The summed E-state index contributed by atoms with van der Waals surface area (Å²) in [5.41, 5.74) is 0. The van der Waals surface area contributed by atoms with Gasteiger partial charge in [-0.25, -0.2) is 0 Å². The Morgan fingerprint density at radius 2 is 1.68 bits per heavy atom. The monoisotopic (exact) mass is 266 g/mol. The number of rotatable bonds is 4. The van der Waals surface area contributed by atoms with Gasteiger partial charge in [0.25, 0.3) is 0 Å². The molecule has 2 heterocycles. The van der Waals surface area contributed by atoms with E-state index in [2.05, 4.69) is 5.32 Å². The lowest BCUT2D eigenvalue weighted by Crippen LogP contribution is -2.37. The number of nitrogens with one attached hydrogen (secondary N) is 1. The largest absolute Gasteiger partial charge is 0.376 e. The van der Waals surface area contributed by atoms with Crippen LogP contribution in [-0.4, -0.2) is 49.1 Å². The maximum Gasteiger partial charge on any atom is 0.233 e. The quantitative estimate of drug-likeness (QED) is 0.755. The first-order valence-corrected chi connectivity index (χ1v) is 7.45. The minimum atomic E-state index is -0.0219. The molecular weight excluding hydrogens is 244 g/mol. The fourth-order valence-electron chi connectivity index (χ4n) is 3.55. The average Bonchev–Trinajstić information content (AvgIpc) is 2.99. The standard InChI is InChI=1S/C14H22N2O3/c17-13-11-2-1-3-12(11)14(18)16(13)8-9-19-10-4-6-15-7-5-10/h10-12,15H,1-9H2. The molecule has 0 radical (unpaired) electrons. The highest BCUT2D eigenvalue weighted by atomic mass is 16.5. The highest BCUT2D eigenvalue weighted by molar-refractivity contribution is 6.05. The minimum Gasteiger partial charge on any atom is -0.376 e. The topological polar surface area (TPSA) is 58.6 Å². The lowest BCUT2D eigenvalue weighted by atomic mass is 10.00.